The van der Waals surface area contributed by atoms with Gasteiger partial charge in [0.2, 0.25) is 15.9 Å². The molecule has 206 valence electrons. The number of carbonyl (C=O) groups is 2. The highest BCUT2D eigenvalue weighted by Crippen LogP contribution is 2.30. The summed E-state index contributed by atoms with van der Waals surface area (Å²) in [5, 5.41) is 0.294. The van der Waals surface area contributed by atoms with Gasteiger partial charge in [0.05, 0.1) is 5.75 Å². The molecule has 1 heterocycles. The third-order valence-corrected chi connectivity index (χ3v) is 8.17. The molecule has 1 N–H and O–H groups in total. The van der Waals surface area contributed by atoms with Crippen LogP contribution < -0.4 is 9.46 Å². The van der Waals surface area contributed by atoms with Crippen molar-refractivity contribution < 1.29 is 31.5 Å². The number of rotatable bonds is 9. The van der Waals surface area contributed by atoms with E-state index in [1.165, 1.54) is 24.3 Å². The zero-order valence-corrected chi connectivity index (χ0v) is 22.7. The van der Waals surface area contributed by atoms with Crippen LogP contribution in [-0.4, -0.2) is 61.8 Å². The van der Waals surface area contributed by atoms with E-state index < -0.39 is 33.3 Å². The van der Waals surface area contributed by atoms with Crippen molar-refractivity contribution in [1.82, 2.24) is 14.5 Å². The number of nitrogens with one attached hydrogen (secondary N) is 1. The first-order valence-electron chi connectivity index (χ1n) is 12.3. The van der Waals surface area contributed by atoms with Crippen LogP contribution in [0.4, 0.5) is 8.78 Å². The predicted octanol–water partition coefficient (Wildman–Crippen LogP) is 3.47. The van der Waals surface area contributed by atoms with Crippen LogP contribution in [0.1, 0.15) is 37.8 Å². The van der Waals surface area contributed by atoms with Gasteiger partial charge in [-0.1, -0.05) is 17.7 Å². The number of amides is 2. The standard InChI is InChI=1S/C26H30ClF2N3O5S/c1-16-12-32(17(2)11-31(16)13-18-3-7-22(28)23(29)9-18)25(33)14-37-24-8-6-21(27)10-20(24)15-38(35,36)30-26(34)19-4-5-19/h3,6-10,16-17,19H,4-5,11-15H2,1-2H3,(H,30,34)/t16-,17+/m0/s1. The molecule has 1 saturated carbocycles. The molecule has 0 unspecified atom stereocenters. The van der Waals surface area contributed by atoms with Gasteiger partial charge in [-0.3, -0.25) is 19.2 Å². The molecule has 0 bridgehead atoms. The van der Waals surface area contributed by atoms with Gasteiger partial charge >= 0.3 is 0 Å². The molecule has 12 heteroatoms. The van der Waals surface area contributed by atoms with Gasteiger partial charge in [0.25, 0.3) is 5.91 Å². The van der Waals surface area contributed by atoms with Crippen molar-refractivity contribution in [1.29, 1.82) is 0 Å². The maximum atomic E-state index is 13.6. The third kappa shape index (κ3) is 7.21. The minimum Gasteiger partial charge on any atom is -0.483 e. The first kappa shape index (κ1) is 28.3. The molecule has 0 spiro atoms. The summed E-state index contributed by atoms with van der Waals surface area (Å²) in [7, 11) is -3.97. The van der Waals surface area contributed by atoms with Gasteiger partial charge in [0, 0.05) is 48.2 Å². The summed E-state index contributed by atoms with van der Waals surface area (Å²) >= 11 is 6.06. The minimum atomic E-state index is -3.97. The smallest absolute Gasteiger partial charge is 0.260 e. The number of hydrogen-bond acceptors (Lipinski definition) is 6. The Labute approximate surface area is 225 Å². The second kappa shape index (κ2) is 11.5. The number of carbonyl (C=O) groups excluding carboxylic acids is 2. The molecule has 1 aliphatic heterocycles. The lowest BCUT2D eigenvalue weighted by Gasteiger charge is -2.44. The lowest BCUT2D eigenvalue weighted by Crippen LogP contribution is -2.58. The van der Waals surface area contributed by atoms with E-state index in [1.807, 2.05) is 13.8 Å². The molecule has 0 aromatic heterocycles. The first-order chi connectivity index (χ1) is 17.9. The number of halogens is 3. The summed E-state index contributed by atoms with van der Waals surface area (Å²) < 4.78 is 59.7. The Morgan fingerprint density at radius 1 is 1.05 bits per heavy atom. The highest BCUT2D eigenvalue weighted by atomic mass is 35.5. The van der Waals surface area contributed by atoms with E-state index in [0.717, 1.165) is 6.07 Å². The maximum absolute atomic E-state index is 13.6. The fourth-order valence-corrected chi connectivity index (χ4v) is 5.86. The molecule has 2 aromatic carbocycles. The number of hydrogen-bond donors (Lipinski definition) is 1. The summed E-state index contributed by atoms with van der Waals surface area (Å²) in [5.74, 6) is -3.18. The highest BCUT2D eigenvalue weighted by Gasteiger charge is 2.34. The fourth-order valence-electron chi connectivity index (χ4n) is 4.49. The molecule has 2 aromatic rings. The Bertz CT molecular complexity index is 1320. The van der Waals surface area contributed by atoms with Crippen molar-refractivity contribution in [3.8, 4) is 5.75 Å². The second-order valence-corrected chi connectivity index (χ2v) is 12.1. The molecule has 2 aliphatic rings. The van der Waals surface area contributed by atoms with Gasteiger partial charge in [-0.2, -0.15) is 0 Å². The lowest BCUT2D eigenvalue weighted by atomic mass is 10.1. The topological polar surface area (TPSA) is 96.0 Å². The Morgan fingerprint density at radius 2 is 1.79 bits per heavy atom. The van der Waals surface area contributed by atoms with Crippen molar-refractivity contribution in [3.63, 3.8) is 0 Å². The predicted molar refractivity (Wildman–Crippen MR) is 138 cm³/mol. The van der Waals surface area contributed by atoms with Crippen LogP contribution in [0, 0.1) is 17.6 Å². The average Bonchev–Trinajstić information content (AvgIpc) is 3.68. The first-order valence-corrected chi connectivity index (χ1v) is 14.4. The molecule has 8 nitrogen and oxygen atoms in total. The fraction of sp³-hybridized carbons (Fsp3) is 0.462. The highest BCUT2D eigenvalue weighted by molar-refractivity contribution is 7.89. The maximum Gasteiger partial charge on any atom is 0.260 e. The van der Waals surface area contributed by atoms with Gasteiger partial charge in [-0.25, -0.2) is 17.2 Å². The van der Waals surface area contributed by atoms with Crippen molar-refractivity contribution in [3.05, 3.63) is 64.2 Å². The normalized spacial score (nSPS) is 20.3. The van der Waals surface area contributed by atoms with Crippen molar-refractivity contribution in [2.45, 2.75) is 51.1 Å². The van der Waals surface area contributed by atoms with Crippen LogP contribution in [-0.2, 0) is 31.9 Å². The van der Waals surface area contributed by atoms with E-state index in [1.54, 1.807) is 11.0 Å². The van der Waals surface area contributed by atoms with Gasteiger partial charge < -0.3 is 9.64 Å². The zero-order valence-electron chi connectivity index (χ0n) is 21.1. The van der Waals surface area contributed by atoms with Crippen LogP contribution in [0.5, 0.6) is 5.75 Å². The van der Waals surface area contributed by atoms with Crippen LogP contribution >= 0.6 is 11.6 Å². The SMILES string of the molecule is C[C@@H]1CN(Cc2ccc(F)c(F)c2)[C@@H](C)CN1C(=O)COc1ccc(Cl)cc1CS(=O)(=O)NC(=O)C1CC1. The minimum absolute atomic E-state index is 0.0467. The van der Waals surface area contributed by atoms with Crippen LogP contribution in [0.2, 0.25) is 5.02 Å². The molecular weight excluding hydrogens is 540 g/mol. The summed E-state index contributed by atoms with van der Waals surface area (Å²) in [5.41, 5.74) is 0.878. The molecule has 0 radical (unpaired) electrons. The molecule has 38 heavy (non-hydrogen) atoms. The molecule has 1 aliphatic carbocycles. The summed E-state index contributed by atoms with van der Waals surface area (Å²) in [6.45, 7) is 4.87. The van der Waals surface area contributed by atoms with Crippen molar-refractivity contribution >= 4 is 33.4 Å². The molecule has 2 atom stereocenters. The summed E-state index contributed by atoms with van der Waals surface area (Å²) in [4.78, 5) is 28.8. The Balaban J connectivity index is 1.36. The molecule has 1 saturated heterocycles. The number of nitrogens with zero attached hydrogens (tertiary/aromatic N) is 2. The Kier molecular flexibility index (Phi) is 8.59. The third-order valence-electron chi connectivity index (χ3n) is 6.73. The van der Waals surface area contributed by atoms with E-state index in [-0.39, 0.29) is 41.8 Å². The van der Waals surface area contributed by atoms with Crippen molar-refractivity contribution in [2.24, 2.45) is 5.92 Å². The number of benzene rings is 2. The molecular formula is C26H30ClF2N3O5S. The second-order valence-electron chi connectivity index (χ2n) is 9.96. The average molecular weight is 570 g/mol. The van der Waals surface area contributed by atoms with Crippen LogP contribution in [0.15, 0.2) is 36.4 Å². The number of ether oxygens (including phenoxy) is 1. The van der Waals surface area contributed by atoms with E-state index in [9.17, 15) is 26.8 Å². The van der Waals surface area contributed by atoms with Crippen LogP contribution in [0.25, 0.3) is 0 Å². The van der Waals surface area contributed by atoms with Crippen molar-refractivity contribution in [2.75, 3.05) is 19.7 Å². The molecule has 2 fully saturated rings. The number of piperazine rings is 1. The monoisotopic (exact) mass is 569 g/mol. The largest absolute Gasteiger partial charge is 0.483 e. The molecule has 4 rings (SSSR count). The molecule has 2 amide bonds. The van der Waals surface area contributed by atoms with Gasteiger partial charge in [0.15, 0.2) is 18.2 Å². The van der Waals surface area contributed by atoms with Gasteiger partial charge in [-0.05, 0) is 62.6 Å². The number of sulfonamides is 1. The van der Waals surface area contributed by atoms with Gasteiger partial charge in [-0.15, -0.1) is 0 Å². The van der Waals surface area contributed by atoms with E-state index >= 15 is 0 Å². The zero-order chi connectivity index (χ0) is 27.6. The van der Waals surface area contributed by atoms with Crippen LogP contribution in [0.3, 0.4) is 0 Å². The lowest BCUT2D eigenvalue weighted by molar-refractivity contribution is -0.139. The van der Waals surface area contributed by atoms with Gasteiger partial charge in [0.1, 0.15) is 5.75 Å². The summed E-state index contributed by atoms with van der Waals surface area (Å²) in [6, 6.07) is 8.07. The Hall–Kier alpha value is -2.76. The van der Waals surface area contributed by atoms with E-state index in [2.05, 4.69) is 9.62 Å². The quantitative estimate of drug-likeness (QED) is 0.497. The van der Waals surface area contributed by atoms with E-state index in [4.69, 9.17) is 16.3 Å². The summed E-state index contributed by atoms with van der Waals surface area (Å²) in [6.07, 6.45) is 1.34. The van der Waals surface area contributed by atoms with E-state index in [0.29, 0.717) is 43.1 Å². The Morgan fingerprint density at radius 3 is 2.47 bits per heavy atom.